The minimum atomic E-state index is -0.464. The number of hydrogen-bond acceptors (Lipinski definition) is 2. The number of nitrogens with zero attached hydrogens (tertiary/aromatic N) is 2. The SMILES string of the molecule is CC1CN(C(=O)c2cc(Br)ccc2F)CC1N(C)C. The third-order valence-corrected chi connectivity index (χ3v) is 4.18. The zero-order valence-corrected chi connectivity index (χ0v) is 12.9. The Labute approximate surface area is 121 Å². The van der Waals surface area contributed by atoms with Crippen molar-refractivity contribution >= 4 is 21.8 Å². The van der Waals surface area contributed by atoms with Crippen LogP contribution in [-0.2, 0) is 0 Å². The standard InChI is InChI=1S/C14H18BrFN2O/c1-9-7-18(8-13(9)17(2)3)14(19)11-6-10(15)4-5-12(11)16/h4-6,9,13H,7-8H2,1-3H3. The predicted octanol–water partition coefficient (Wildman–Crippen LogP) is 2.61. The van der Waals surface area contributed by atoms with Crippen LogP contribution in [0.2, 0.25) is 0 Å². The predicted molar refractivity (Wildman–Crippen MR) is 76.6 cm³/mol. The Morgan fingerprint density at radius 3 is 2.68 bits per heavy atom. The lowest BCUT2D eigenvalue weighted by Gasteiger charge is -2.22. The molecule has 1 amide bonds. The van der Waals surface area contributed by atoms with Crippen LogP contribution in [0.15, 0.2) is 22.7 Å². The number of likely N-dealkylation sites (tertiary alicyclic amines) is 1. The Kier molecular flexibility index (Phi) is 4.26. The summed E-state index contributed by atoms with van der Waals surface area (Å²) in [5.41, 5.74) is 0.140. The number of carbonyl (C=O) groups excluding carboxylic acids is 1. The molecule has 3 nitrogen and oxygen atoms in total. The molecule has 2 atom stereocenters. The molecule has 104 valence electrons. The summed E-state index contributed by atoms with van der Waals surface area (Å²) in [6.07, 6.45) is 0. The van der Waals surface area contributed by atoms with Gasteiger partial charge in [-0.25, -0.2) is 4.39 Å². The number of likely N-dealkylation sites (N-methyl/N-ethyl adjacent to an activating group) is 1. The molecule has 0 aliphatic carbocycles. The number of carbonyl (C=O) groups is 1. The summed E-state index contributed by atoms with van der Waals surface area (Å²) in [6, 6.07) is 4.80. The number of rotatable bonds is 2. The zero-order valence-electron chi connectivity index (χ0n) is 11.4. The van der Waals surface area contributed by atoms with Gasteiger partial charge in [0, 0.05) is 23.6 Å². The van der Waals surface area contributed by atoms with Crippen LogP contribution in [0.25, 0.3) is 0 Å². The Bertz CT molecular complexity index is 492. The van der Waals surface area contributed by atoms with E-state index in [0.29, 0.717) is 29.5 Å². The molecule has 0 bridgehead atoms. The molecule has 1 aromatic rings. The second-order valence-corrected chi connectivity index (χ2v) is 6.26. The summed E-state index contributed by atoms with van der Waals surface area (Å²) in [4.78, 5) is 16.2. The number of benzene rings is 1. The molecule has 0 N–H and O–H groups in total. The van der Waals surface area contributed by atoms with E-state index in [4.69, 9.17) is 0 Å². The van der Waals surface area contributed by atoms with Crippen LogP contribution in [0, 0.1) is 11.7 Å². The second-order valence-electron chi connectivity index (χ2n) is 5.34. The van der Waals surface area contributed by atoms with Gasteiger partial charge in [-0.3, -0.25) is 4.79 Å². The summed E-state index contributed by atoms with van der Waals surface area (Å²) in [5, 5.41) is 0. The van der Waals surface area contributed by atoms with Crippen molar-refractivity contribution in [1.82, 2.24) is 9.80 Å². The van der Waals surface area contributed by atoms with E-state index in [9.17, 15) is 9.18 Å². The second kappa shape index (κ2) is 5.59. The molecular weight excluding hydrogens is 311 g/mol. The van der Waals surface area contributed by atoms with E-state index in [0.717, 1.165) is 0 Å². The Hall–Kier alpha value is -0.940. The first-order valence-corrected chi connectivity index (χ1v) is 7.10. The minimum absolute atomic E-state index is 0.140. The molecule has 1 aliphatic heterocycles. The molecule has 2 unspecified atom stereocenters. The van der Waals surface area contributed by atoms with Crippen molar-refractivity contribution in [2.45, 2.75) is 13.0 Å². The maximum atomic E-state index is 13.7. The average molecular weight is 329 g/mol. The molecule has 1 heterocycles. The van der Waals surface area contributed by atoms with E-state index < -0.39 is 5.82 Å². The molecule has 19 heavy (non-hydrogen) atoms. The van der Waals surface area contributed by atoms with E-state index >= 15 is 0 Å². The molecule has 0 aromatic heterocycles. The van der Waals surface area contributed by atoms with Gasteiger partial charge >= 0.3 is 0 Å². The van der Waals surface area contributed by atoms with E-state index in [1.165, 1.54) is 6.07 Å². The van der Waals surface area contributed by atoms with Crippen LogP contribution in [0.4, 0.5) is 4.39 Å². The van der Waals surface area contributed by atoms with Gasteiger partial charge in [0.05, 0.1) is 5.56 Å². The first kappa shape index (κ1) is 14.5. The van der Waals surface area contributed by atoms with Gasteiger partial charge in [-0.05, 0) is 38.2 Å². The largest absolute Gasteiger partial charge is 0.337 e. The van der Waals surface area contributed by atoms with Gasteiger partial charge in [-0.15, -0.1) is 0 Å². The highest BCUT2D eigenvalue weighted by Gasteiger charge is 2.34. The Balaban J connectivity index is 2.19. The van der Waals surface area contributed by atoms with Gasteiger partial charge in [0.15, 0.2) is 0 Å². The average Bonchev–Trinajstić information content (AvgIpc) is 2.74. The van der Waals surface area contributed by atoms with Crippen LogP contribution < -0.4 is 0 Å². The monoisotopic (exact) mass is 328 g/mol. The summed E-state index contributed by atoms with van der Waals surface area (Å²) in [5.74, 6) is -0.293. The smallest absolute Gasteiger partial charge is 0.256 e. The zero-order chi connectivity index (χ0) is 14.2. The molecular formula is C14H18BrFN2O. The first-order valence-electron chi connectivity index (χ1n) is 6.31. The number of amides is 1. The Morgan fingerprint density at radius 2 is 2.11 bits per heavy atom. The highest BCUT2D eigenvalue weighted by atomic mass is 79.9. The van der Waals surface area contributed by atoms with E-state index in [1.54, 1.807) is 17.0 Å². The van der Waals surface area contributed by atoms with Crippen molar-refractivity contribution < 1.29 is 9.18 Å². The summed E-state index contributed by atoms with van der Waals surface area (Å²) < 4.78 is 14.5. The minimum Gasteiger partial charge on any atom is -0.337 e. The van der Waals surface area contributed by atoms with Crippen LogP contribution in [0.1, 0.15) is 17.3 Å². The van der Waals surface area contributed by atoms with Gasteiger partial charge in [0.2, 0.25) is 0 Å². The topological polar surface area (TPSA) is 23.6 Å². The molecule has 1 saturated heterocycles. The molecule has 1 fully saturated rings. The number of halogens is 2. The summed E-state index contributed by atoms with van der Waals surface area (Å²) in [6.45, 7) is 3.45. The van der Waals surface area contributed by atoms with Gasteiger partial charge in [0.1, 0.15) is 5.82 Å². The number of hydrogen-bond donors (Lipinski definition) is 0. The lowest BCUT2D eigenvalue weighted by atomic mass is 10.1. The van der Waals surface area contributed by atoms with Crippen molar-refractivity contribution in [3.05, 3.63) is 34.1 Å². The molecule has 0 radical (unpaired) electrons. The maximum absolute atomic E-state index is 13.7. The van der Waals surface area contributed by atoms with E-state index in [2.05, 4.69) is 27.8 Å². The fourth-order valence-corrected chi connectivity index (χ4v) is 2.98. The van der Waals surface area contributed by atoms with Crippen molar-refractivity contribution in [1.29, 1.82) is 0 Å². The van der Waals surface area contributed by atoms with Crippen LogP contribution in [-0.4, -0.2) is 48.9 Å². The van der Waals surface area contributed by atoms with E-state index in [-0.39, 0.29) is 11.5 Å². The highest BCUT2D eigenvalue weighted by molar-refractivity contribution is 9.10. The van der Waals surface area contributed by atoms with Crippen molar-refractivity contribution in [3.8, 4) is 0 Å². The summed E-state index contributed by atoms with van der Waals surface area (Å²) >= 11 is 3.27. The van der Waals surface area contributed by atoms with Gasteiger partial charge < -0.3 is 9.80 Å². The van der Waals surface area contributed by atoms with Gasteiger partial charge in [-0.1, -0.05) is 22.9 Å². The van der Waals surface area contributed by atoms with Crippen LogP contribution in [0.5, 0.6) is 0 Å². The van der Waals surface area contributed by atoms with Crippen molar-refractivity contribution in [2.24, 2.45) is 5.92 Å². The molecule has 5 heteroatoms. The van der Waals surface area contributed by atoms with Gasteiger partial charge in [-0.2, -0.15) is 0 Å². The molecule has 1 aromatic carbocycles. The fraction of sp³-hybridized carbons (Fsp3) is 0.500. The summed E-state index contributed by atoms with van der Waals surface area (Å²) in [7, 11) is 4.02. The molecule has 2 rings (SSSR count). The first-order chi connectivity index (χ1) is 8.90. The van der Waals surface area contributed by atoms with Crippen LogP contribution >= 0.6 is 15.9 Å². The normalized spacial score (nSPS) is 23.2. The molecule has 1 aliphatic rings. The maximum Gasteiger partial charge on any atom is 0.256 e. The molecule has 0 spiro atoms. The van der Waals surface area contributed by atoms with Crippen LogP contribution in [0.3, 0.4) is 0 Å². The van der Waals surface area contributed by atoms with Crippen molar-refractivity contribution in [2.75, 3.05) is 27.2 Å². The Morgan fingerprint density at radius 1 is 1.42 bits per heavy atom. The third kappa shape index (κ3) is 2.98. The lowest BCUT2D eigenvalue weighted by Crippen LogP contribution is -2.36. The fourth-order valence-electron chi connectivity index (χ4n) is 2.62. The lowest BCUT2D eigenvalue weighted by molar-refractivity contribution is 0.0776. The third-order valence-electron chi connectivity index (χ3n) is 3.68. The highest BCUT2D eigenvalue weighted by Crippen LogP contribution is 2.24. The van der Waals surface area contributed by atoms with Crippen molar-refractivity contribution in [3.63, 3.8) is 0 Å². The van der Waals surface area contributed by atoms with Gasteiger partial charge in [0.25, 0.3) is 5.91 Å². The molecule has 0 saturated carbocycles. The van der Waals surface area contributed by atoms with E-state index in [1.807, 2.05) is 14.1 Å². The quantitative estimate of drug-likeness (QED) is 0.833.